The summed E-state index contributed by atoms with van der Waals surface area (Å²) in [5.41, 5.74) is 1.47. The van der Waals surface area contributed by atoms with Gasteiger partial charge in [0, 0.05) is 23.5 Å². The molecule has 0 saturated heterocycles. The van der Waals surface area contributed by atoms with E-state index >= 15 is 0 Å². The topological polar surface area (TPSA) is 66.9 Å². The van der Waals surface area contributed by atoms with Gasteiger partial charge >= 0.3 is 0 Å². The molecule has 2 aromatic heterocycles. The molecule has 0 atom stereocenters. The molecule has 2 N–H and O–H groups in total. The van der Waals surface area contributed by atoms with E-state index in [1.807, 2.05) is 12.3 Å². The number of carbonyl (C=O) groups is 1. The van der Waals surface area contributed by atoms with Crippen molar-refractivity contribution >= 4 is 28.2 Å². The molecule has 5 nitrogen and oxygen atoms in total. The molecule has 0 aliphatic carbocycles. The predicted octanol–water partition coefficient (Wildman–Crippen LogP) is 3.52. The summed E-state index contributed by atoms with van der Waals surface area (Å²) >= 11 is 1.43. The Kier molecular flexibility index (Phi) is 4.57. The van der Waals surface area contributed by atoms with Gasteiger partial charge in [-0.05, 0) is 19.1 Å². The molecule has 0 bridgehead atoms. The third-order valence-corrected chi connectivity index (χ3v) is 3.65. The Labute approximate surface area is 128 Å². The third-order valence-electron chi connectivity index (χ3n) is 2.89. The monoisotopic (exact) mass is 304 g/mol. The average Bonchev–Trinajstić information content (AvgIpc) is 2.88. The highest BCUT2D eigenvalue weighted by atomic mass is 32.1. The van der Waals surface area contributed by atoms with Crippen LogP contribution in [0.3, 0.4) is 0 Å². The van der Waals surface area contributed by atoms with Gasteiger partial charge in [0.05, 0.1) is 11.3 Å². The van der Waals surface area contributed by atoms with E-state index in [9.17, 15) is 4.79 Å². The number of hydrogen-bond acceptors (Lipinski definition) is 5. The highest BCUT2D eigenvalue weighted by Crippen LogP contribution is 2.26. The summed E-state index contributed by atoms with van der Waals surface area (Å²) in [6.45, 7) is 8.96. The maximum absolute atomic E-state index is 12.3. The predicted molar refractivity (Wildman–Crippen MR) is 87.2 cm³/mol. The van der Waals surface area contributed by atoms with Crippen molar-refractivity contribution < 1.29 is 4.79 Å². The lowest BCUT2D eigenvalue weighted by Gasteiger charge is -2.14. The van der Waals surface area contributed by atoms with E-state index in [0.29, 0.717) is 23.1 Å². The van der Waals surface area contributed by atoms with Crippen molar-refractivity contribution in [2.24, 2.45) is 0 Å². The Bertz CT molecular complexity index is 631. The number of carbonyl (C=O) groups excluding carboxylic acids is 1. The van der Waals surface area contributed by atoms with Crippen LogP contribution in [0.2, 0.25) is 0 Å². The van der Waals surface area contributed by atoms with Gasteiger partial charge in [0.1, 0.15) is 5.82 Å². The molecule has 21 heavy (non-hydrogen) atoms. The lowest BCUT2D eigenvalue weighted by atomic mass is 9.93. The first-order valence-corrected chi connectivity index (χ1v) is 7.76. The molecule has 112 valence electrons. The van der Waals surface area contributed by atoms with Crippen LogP contribution < -0.4 is 10.6 Å². The van der Waals surface area contributed by atoms with E-state index in [-0.39, 0.29) is 11.3 Å². The molecular weight excluding hydrogens is 284 g/mol. The molecule has 0 aromatic carbocycles. The molecule has 0 unspecified atom stereocenters. The summed E-state index contributed by atoms with van der Waals surface area (Å²) in [7, 11) is 0. The van der Waals surface area contributed by atoms with E-state index in [4.69, 9.17) is 0 Å². The van der Waals surface area contributed by atoms with E-state index in [1.165, 1.54) is 11.3 Å². The van der Waals surface area contributed by atoms with Crippen LogP contribution in [-0.4, -0.2) is 22.4 Å². The van der Waals surface area contributed by atoms with Crippen molar-refractivity contribution in [1.29, 1.82) is 0 Å². The lowest BCUT2D eigenvalue weighted by molar-refractivity contribution is 0.102. The molecule has 0 spiro atoms. The maximum atomic E-state index is 12.3. The molecule has 2 heterocycles. The summed E-state index contributed by atoms with van der Waals surface area (Å²) < 4.78 is 0. The number of anilines is 2. The molecule has 0 radical (unpaired) electrons. The minimum Gasteiger partial charge on any atom is -0.370 e. The third kappa shape index (κ3) is 3.78. The van der Waals surface area contributed by atoms with Crippen LogP contribution in [0.1, 0.15) is 43.7 Å². The molecular formula is C15H20N4OS. The zero-order valence-electron chi connectivity index (χ0n) is 12.7. The van der Waals surface area contributed by atoms with Gasteiger partial charge in [-0.25, -0.2) is 9.97 Å². The van der Waals surface area contributed by atoms with Crippen molar-refractivity contribution in [2.45, 2.75) is 33.1 Å². The number of aromatic nitrogens is 2. The van der Waals surface area contributed by atoms with Crippen LogP contribution in [0, 0.1) is 0 Å². The second-order valence-electron chi connectivity index (χ2n) is 5.67. The number of amides is 1. The van der Waals surface area contributed by atoms with Crippen molar-refractivity contribution in [3.8, 4) is 0 Å². The van der Waals surface area contributed by atoms with Gasteiger partial charge < -0.3 is 5.32 Å². The highest BCUT2D eigenvalue weighted by Gasteiger charge is 2.19. The van der Waals surface area contributed by atoms with E-state index < -0.39 is 0 Å². The quantitative estimate of drug-likeness (QED) is 0.907. The van der Waals surface area contributed by atoms with E-state index in [0.717, 1.165) is 5.69 Å². The molecule has 0 aliphatic heterocycles. The smallest absolute Gasteiger partial charge is 0.261 e. The number of hydrogen-bond donors (Lipinski definition) is 2. The van der Waals surface area contributed by atoms with Crippen molar-refractivity contribution in [3.63, 3.8) is 0 Å². The van der Waals surface area contributed by atoms with Crippen LogP contribution in [-0.2, 0) is 5.41 Å². The number of thiazole rings is 1. The summed E-state index contributed by atoms with van der Waals surface area (Å²) in [6, 6.07) is 3.50. The van der Waals surface area contributed by atoms with Gasteiger partial charge in [0.25, 0.3) is 5.91 Å². The second kappa shape index (κ2) is 6.22. The molecule has 2 rings (SSSR count). The fourth-order valence-corrected chi connectivity index (χ4v) is 2.67. The lowest BCUT2D eigenvalue weighted by Crippen LogP contribution is -2.16. The first kappa shape index (κ1) is 15.4. The molecule has 6 heteroatoms. The van der Waals surface area contributed by atoms with Gasteiger partial charge in [-0.2, -0.15) is 0 Å². The van der Waals surface area contributed by atoms with Crippen molar-refractivity contribution in [3.05, 3.63) is 35.0 Å². The summed E-state index contributed by atoms with van der Waals surface area (Å²) in [5.74, 6) is 0.388. The fraction of sp³-hybridized carbons (Fsp3) is 0.400. The Morgan fingerprint density at radius 1 is 1.38 bits per heavy atom. The second-order valence-corrected chi connectivity index (χ2v) is 6.53. The first-order valence-electron chi connectivity index (χ1n) is 6.88. The normalized spacial score (nSPS) is 11.2. The zero-order valence-corrected chi connectivity index (χ0v) is 13.5. The van der Waals surface area contributed by atoms with Crippen LogP contribution in [0.5, 0.6) is 0 Å². The van der Waals surface area contributed by atoms with Gasteiger partial charge in [-0.15, -0.1) is 11.3 Å². The Morgan fingerprint density at radius 3 is 2.76 bits per heavy atom. The number of pyridine rings is 1. The number of nitrogens with zero attached hydrogens (tertiary/aromatic N) is 2. The Hall–Kier alpha value is -1.95. The number of rotatable bonds is 4. The molecule has 0 aliphatic rings. The molecule has 2 aromatic rings. The SMILES string of the molecule is CCNc1ncccc1C(=O)Nc1nc(C(C)(C)C)cs1. The van der Waals surface area contributed by atoms with Crippen LogP contribution >= 0.6 is 11.3 Å². The first-order chi connectivity index (χ1) is 9.91. The van der Waals surface area contributed by atoms with Gasteiger partial charge in [0.15, 0.2) is 5.13 Å². The highest BCUT2D eigenvalue weighted by molar-refractivity contribution is 7.14. The zero-order chi connectivity index (χ0) is 15.5. The number of nitrogens with one attached hydrogen (secondary N) is 2. The van der Waals surface area contributed by atoms with E-state index in [1.54, 1.807) is 18.3 Å². The minimum absolute atomic E-state index is 0.0251. The summed E-state index contributed by atoms with van der Waals surface area (Å²) in [5, 5.41) is 8.51. The fourth-order valence-electron chi connectivity index (χ4n) is 1.74. The summed E-state index contributed by atoms with van der Waals surface area (Å²) in [6.07, 6.45) is 1.66. The maximum Gasteiger partial charge on any atom is 0.261 e. The van der Waals surface area contributed by atoms with Crippen LogP contribution in [0.15, 0.2) is 23.7 Å². The average molecular weight is 304 g/mol. The molecule has 0 saturated carbocycles. The molecule has 0 fully saturated rings. The molecule has 1 amide bonds. The van der Waals surface area contributed by atoms with Crippen molar-refractivity contribution in [1.82, 2.24) is 9.97 Å². The van der Waals surface area contributed by atoms with E-state index in [2.05, 4.69) is 41.4 Å². The largest absolute Gasteiger partial charge is 0.370 e. The Morgan fingerprint density at radius 2 is 2.14 bits per heavy atom. The minimum atomic E-state index is -0.200. The van der Waals surface area contributed by atoms with Gasteiger partial charge in [-0.1, -0.05) is 20.8 Å². The summed E-state index contributed by atoms with van der Waals surface area (Å²) in [4.78, 5) is 21.0. The van der Waals surface area contributed by atoms with Crippen LogP contribution in [0.25, 0.3) is 0 Å². The van der Waals surface area contributed by atoms with Gasteiger partial charge in [-0.3, -0.25) is 10.1 Å². The standard InChI is InChI=1S/C15H20N4OS/c1-5-16-12-10(7-6-8-17-12)13(20)19-14-18-11(9-21-14)15(2,3)4/h6-9H,5H2,1-4H3,(H,16,17)(H,18,19,20). The van der Waals surface area contributed by atoms with Gasteiger partial charge in [0.2, 0.25) is 0 Å². The van der Waals surface area contributed by atoms with Crippen LogP contribution in [0.4, 0.5) is 10.9 Å². The van der Waals surface area contributed by atoms with Crippen molar-refractivity contribution in [2.75, 3.05) is 17.2 Å². The Balaban J connectivity index is 2.17.